The molecule has 2 N–H and O–H groups in total. The van der Waals surface area contributed by atoms with Crippen molar-refractivity contribution in [3.05, 3.63) is 34.8 Å². The van der Waals surface area contributed by atoms with Crippen molar-refractivity contribution in [3.8, 4) is 0 Å². The Morgan fingerprint density at radius 3 is 2.72 bits per heavy atom. The minimum absolute atomic E-state index is 0.583. The number of anilines is 1. The van der Waals surface area contributed by atoms with Crippen molar-refractivity contribution < 1.29 is 0 Å². The highest BCUT2D eigenvalue weighted by atomic mass is 32.2. The van der Waals surface area contributed by atoms with Crippen molar-refractivity contribution in [2.24, 2.45) is 5.92 Å². The zero-order chi connectivity index (χ0) is 12.5. The molecule has 0 amide bonds. The van der Waals surface area contributed by atoms with Gasteiger partial charge in [0.15, 0.2) is 0 Å². The highest BCUT2D eigenvalue weighted by Crippen LogP contribution is 2.50. The fraction of sp³-hybridized carbons (Fsp3) is 0.385. The minimum Gasteiger partial charge on any atom is -0.374 e. The van der Waals surface area contributed by atoms with E-state index in [1.807, 2.05) is 0 Å². The average Bonchev–Trinajstić information content (AvgIpc) is 3.02. The van der Waals surface area contributed by atoms with Crippen LogP contribution in [0.15, 0.2) is 29.2 Å². The third-order valence-electron chi connectivity index (χ3n) is 3.35. The van der Waals surface area contributed by atoms with Crippen molar-refractivity contribution in [1.29, 1.82) is 0 Å². The zero-order valence-electron chi connectivity index (χ0n) is 10.2. The number of aromatic nitrogens is 2. The molecule has 0 bridgehead atoms. The van der Waals surface area contributed by atoms with Gasteiger partial charge in [-0.1, -0.05) is 23.5 Å². The van der Waals surface area contributed by atoms with Crippen LogP contribution >= 0.6 is 23.1 Å². The molecule has 2 aromatic rings. The van der Waals surface area contributed by atoms with Crippen molar-refractivity contribution in [2.45, 2.75) is 23.7 Å². The van der Waals surface area contributed by atoms with E-state index in [4.69, 9.17) is 5.73 Å². The first-order valence-electron chi connectivity index (χ1n) is 5.98. The van der Waals surface area contributed by atoms with Gasteiger partial charge < -0.3 is 5.73 Å². The number of hydrogen-bond acceptors (Lipinski definition) is 5. The Morgan fingerprint density at radius 1 is 1.33 bits per heavy atom. The Morgan fingerprint density at radius 2 is 2.11 bits per heavy atom. The Balaban J connectivity index is 1.61. The Kier molecular flexibility index (Phi) is 3.26. The summed E-state index contributed by atoms with van der Waals surface area (Å²) in [5.74, 6) is 1.30. The van der Waals surface area contributed by atoms with Gasteiger partial charge in [-0.2, -0.15) is 0 Å². The molecule has 5 heteroatoms. The number of nitrogen functional groups attached to an aromatic ring is 1. The van der Waals surface area contributed by atoms with Crippen LogP contribution in [-0.4, -0.2) is 16.5 Å². The van der Waals surface area contributed by atoms with E-state index >= 15 is 0 Å². The van der Waals surface area contributed by atoms with Crippen LogP contribution < -0.4 is 5.73 Å². The molecule has 1 aliphatic rings. The second-order valence-corrected chi connectivity index (χ2v) is 6.55. The number of hydrogen-bond donors (Lipinski definition) is 1. The number of benzene rings is 1. The molecule has 2 atom stereocenters. The molecule has 0 saturated heterocycles. The number of nitrogens with zero attached hydrogens (tertiary/aromatic N) is 2. The van der Waals surface area contributed by atoms with Gasteiger partial charge >= 0.3 is 0 Å². The summed E-state index contributed by atoms with van der Waals surface area (Å²) in [6.07, 6.45) is 4.46. The van der Waals surface area contributed by atoms with Crippen LogP contribution in [-0.2, 0) is 6.42 Å². The summed E-state index contributed by atoms with van der Waals surface area (Å²) in [6.45, 7) is 0. The molecule has 1 aliphatic carbocycles. The van der Waals surface area contributed by atoms with Gasteiger partial charge in [-0.15, -0.1) is 22.0 Å². The third-order valence-corrected chi connectivity index (χ3v) is 4.98. The van der Waals surface area contributed by atoms with Crippen molar-refractivity contribution >= 4 is 28.2 Å². The number of rotatable bonds is 4. The molecule has 0 radical (unpaired) electrons. The molecular formula is C13H15N3S2. The van der Waals surface area contributed by atoms with E-state index in [1.54, 1.807) is 11.8 Å². The van der Waals surface area contributed by atoms with E-state index in [-0.39, 0.29) is 0 Å². The SMILES string of the molecule is CSc1ccc(CC2CC2c2nnc(N)s2)cc1. The van der Waals surface area contributed by atoms with Gasteiger partial charge in [-0.05, 0) is 42.7 Å². The quantitative estimate of drug-likeness (QED) is 0.872. The molecule has 3 rings (SSSR count). The summed E-state index contributed by atoms with van der Waals surface area (Å²) in [5, 5.41) is 9.72. The summed E-state index contributed by atoms with van der Waals surface area (Å²) in [4.78, 5) is 1.32. The Hall–Kier alpha value is -1.07. The second kappa shape index (κ2) is 4.90. The minimum atomic E-state index is 0.583. The first-order valence-corrected chi connectivity index (χ1v) is 8.02. The lowest BCUT2D eigenvalue weighted by Crippen LogP contribution is -1.90. The summed E-state index contributed by atoms with van der Waals surface area (Å²) in [7, 11) is 0. The highest BCUT2D eigenvalue weighted by molar-refractivity contribution is 7.98. The fourth-order valence-electron chi connectivity index (χ4n) is 2.24. The summed E-state index contributed by atoms with van der Waals surface area (Å²) < 4.78 is 0. The predicted octanol–water partition coefficient (Wildman–Crippen LogP) is 3.19. The molecule has 0 spiro atoms. The fourth-order valence-corrected chi connectivity index (χ4v) is 3.46. The molecule has 1 aromatic heterocycles. The third kappa shape index (κ3) is 2.52. The van der Waals surface area contributed by atoms with Crippen LogP contribution in [0, 0.1) is 5.92 Å². The summed E-state index contributed by atoms with van der Waals surface area (Å²) in [5.41, 5.74) is 7.03. The zero-order valence-corrected chi connectivity index (χ0v) is 11.8. The lowest BCUT2D eigenvalue weighted by Gasteiger charge is -2.01. The van der Waals surface area contributed by atoms with Crippen LogP contribution in [0.5, 0.6) is 0 Å². The monoisotopic (exact) mass is 277 g/mol. The maximum absolute atomic E-state index is 5.62. The summed E-state index contributed by atoms with van der Waals surface area (Å²) >= 11 is 3.31. The van der Waals surface area contributed by atoms with Crippen molar-refractivity contribution in [3.63, 3.8) is 0 Å². The predicted molar refractivity (Wildman–Crippen MR) is 77.1 cm³/mol. The second-order valence-electron chi connectivity index (χ2n) is 4.63. The van der Waals surface area contributed by atoms with Gasteiger partial charge in [0.1, 0.15) is 5.01 Å². The lowest BCUT2D eigenvalue weighted by atomic mass is 10.1. The standard InChI is InChI=1S/C13H15N3S2/c1-17-10-4-2-8(3-5-10)6-9-7-11(9)12-15-16-13(14)18-12/h2-5,9,11H,6-7H2,1H3,(H2,14,16). The molecule has 1 heterocycles. The van der Waals surface area contributed by atoms with E-state index in [0.29, 0.717) is 11.0 Å². The van der Waals surface area contributed by atoms with E-state index in [2.05, 4.69) is 40.7 Å². The van der Waals surface area contributed by atoms with E-state index in [9.17, 15) is 0 Å². The van der Waals surface area contributed by atoms with Crippen LogP contribution in [0.2, 0.25) is 0 Å². The van der Waals surface area contributed by atoms with Gasteiger partial charge in [-0.3, -0.25) is 0 Å². The number of nitrogens with two attached hydrogens (primary N) is 1. The van der Waals surface area contributed by atoms with E-state index < -0.39 is 0 Å². The molecule has 94 valence electrons. The van der Waals surface area contributed by atoms with E-state index in [1.165, 1.54) is 28.2 Å². The average molecular weight is 277 g/mol. The molecular weight excluding hydrogens is 262 g/mol. The maximum atomic E-state index is 5.62. The molecule has 1 aromatic carbocycles. The van der Waals surface area contributed by atoms with Crippen LogP contribution in [0.1, 0.15) is 22.9 Å². The lowest BCUT2D eigenvalue weighted by molar-refractivity contribution is 0.784. The normalized spacial score (nSPS) is 22.1. The topological polar surface area (TPSA) is 51.8 Å². The molecule has 1 saturated carbocycles. The Bertz CT molecular complexity index is 535. The Labute approximate surface area is 115 Å². The van der Waals surface area contributed by atoms with Crippen LogP contribution in [0.4, 0.5) is 5.13 Å². The van der Waals surface area contributed by atoms with Crippen molar-refractivity contribution in [1.82, 2.24) is 10.2 Å². The number of thioether (sulfide) groups is 1. The molecule has 2 unspecified atom stereocenters. The molecule has 3 nitrogen and oxygen atoms in total. The first-order chi connectivity index (χ1) is 8.76. The smallest absolute Gasteiger partial charge is 0.203 e. The van der Waals surface area contributed by atoms with Crippen LogP contribution in [0.3, 0.4) is 0 Å². The molecule has 1 fully saturated rings. The van der Waals surface area contributed by atoms with Gasteiger partial charge in [0.2, 0.25) is 5.13 Å². The van der Waals surface area contributed by atoms with Gasteiger partial charge in [0.25, 0.3) is 0 Å². The highest BCUT2D eigenvalue weighted by Gasteiger charge is 2.40. The van der Waals surface area contributed by atoms with Crippen molar-refractivity contribution in [2.75, 3.05) is 12.0 Å². The maximum Gasteiger partial charge on any atom is 0.203 e. The van der Waals surface area contributed by atoms with Gasteiger partial charge in [0, 0.05) is 10.8 Å². The van der Waals surface area contributed by atoms with Gasteiger partial charge in [0.05, 0.1) is 0 Å². The van der Waals surface area contributed by atoms with E-state index in [0.717, 1.165) is 17.3 Å². The molecule has 0 aliphatic heterocycles. The summed E-state index contributed by atoms with van der Waals surface area (Å²) in [6, 6.07) is 8.85. The molecule has 18 heavy (non-hydrogen) atoms. The first kappa shape index (κ1) is 12.0. The largest absolute Gasteiger partial charge is 0.374 e. The van der Waals surface area contributed by atoms with Gasteiger partial charge in [-0.25, -0.2) is 0 Å². The van der Waals surface area contributed by atoms with Crippen LogP contribution in [0.25, 0.3) is 0 Å².